The molecule has 0 saturated heterocycles. The van der Waals surface area contributed by atoms with Crippen molar-refractivity contribution in [3.8, 4) is 61.3 Å². The molecule has 0 aliphatic heterocycles. The van der Waals surface area contributed by atoms with E-state index in [4.69, 9.17) is 4.42 Å². The van der Waals surface area contributed by atoms with Crippen LogP contribution in [-0.4, -0.2) is 4.57 Å². The zero-order valence-electron chi connectivity index (χ0n) is 84.0. The maximum atomic E-state index is 6.46. The summed E-state index contributed by atoms with van der Waals surface area (Å²) in [5.41, 5.74) is 40.0. The van der Waals surface area contributed by atoms with Gasteiger partial charge in [0.05, 0.1) is 28.1 Å². The Balaban J connectivity index is 0.0000000990. The summed E-state index contributed by atoms with van der Waals surface area (Å²) in [6, 6.07) is 168. The second kappa shape index (κ2) is 33.6. The quantitative estimate of drug-likeness (QED) is 0.122. The van der Waals surface area contributed by atoms with E-state index in [2.05, 4.69) is 468 Å². The van der Waals surface area contributed by atoms with Crippen molar-refractivity contribution in [3.63, 3.8) is 0 Å². The van der Waals surface area contributed by atoms with Gasteiger partial charge in [0.25, 0.3) is 0 Å². The van der Waals surface area contributed by atoms with E-state index >= 15 is 0 Å². The van der Waals surface area contributed by atoms with Crippen LogP contribution in [0.15, 0.2) is 453 Å². The highest BCUT2D eigenvalue weighted by atomic mass is 16.3. The molecule has 5 heteroatoms. The van der Waals surface area contributed by atoms with Crippen LogP contribution in [-0.2, 0) is 16.2 Å². The first-order chi connectivity index (χ1) is 73.7. The largest absolute Gasteiger partial charge is 0.456 e. The molecule has 37 rings (SSSR count). The number of rotatable bonds is 12. The van der Waals surface area contributed by atoms with Crippen molar-refractivity contribution in [2.45, 2.75) is 113 Å². The molecule has 0 radical (unpaired) electrons. The lowest BCUT2D eigenvalue weighted by Crippen LogP contribution is -2.55. The number of nitrogens with zero attached hydrogens (tertiary/aromatic N) is 4. The number of para-hydroxylation sites is 3. The number of aromatic nitrogens is 1. The number of furan rings is 1. The van der Waals surface area contributed by atoms with E-state index in [-0.39, 0.29) is 16.2 Å². The monoisotopic (exact) mass is 1920 g/mol. The first kappa shape index (κ1) is 86.3. The summed E-state index contributed by atoms with van der Waals surface area (Å²) >= 11 is 0. The van der Waals surface area contributed by atoms with Gasteiger partial charge in [-0.05, 0) is 393 Å². The maximum Gasteiger partial charge on any atom is 0.137 e. The third-order valence-electron chi connectivity index (χ3n) is 39.4. The minimum absolute atomic E-state index is 0.122. The fourth-order valence-electron chi connectivity index (χ4n) is 34.4. The molecular weight excluding hydrogens is 1800 g/mol. The van der Waals surface area contributed by atoms with Crippen LogP contribution >= 0.6 is 0 Å². The van der Waals surface area contributed by atoms with Crippen LogP contribution in [0.25, 0.3) is 137 Å². The second-order valence-electron chi connectivity index (χ2n) is 46.5. The molecular formula is C144H116N4O. The van der Waals surface area contributed by atoms with Crippen LogP contribution in [0.3, 0.4) is 0 Å². The zero-order chi connectivity index (χ0) is 97.5. The van der Waals surface area contributed by atoms with Gasteiger partial charge in [-0.1, -0.05) is 322 Å². The molecule has 2 heterocycles. The molecule has 149 heavy (non-hydrogen) atoms. The number of fused-ring (bicyclic) bond motifs is 18. The van der Waals surface area contributed by atoms with Crippen molar-refractivity contribution in [2.75, 3.05) is 14.7 Å². The summed E-state index contributed by atoms with van der Waals surface area (Å²) in [5.74, 6) is 9.99. The van der Waals surface area contributed by atoms with Crippen molar-refractivity contribution < 1.29 is 4.42 Å². The predicted octanol–water partition coefficient (Wildman–Crippen LogP) is 38.4. The van der Waals surface area contributed by atoms with Gasteiger partial charge >= 0.3 is 0 Å². The highest BCUT2D eigenvalue weighted by Crippen LogP contribution is 2.75. The van der Waals surface area contributed by atoms with Crippen molar-refractivity contribution in [2.24, 2.45) is 71.0 Å². The highest BCUT2D eigenvalue weighted by Gasteiger charge is 2.66. The molecule has 0 unspecified atom stereocenters. The van der Waals surface area contributed by atoms with E-state index < -0.39 is 0 Å². The summed E-state index contributed by atoms with van der Waals surface area (Å²) in [6.45, 7) is 0. The molecule has 22 aromatic rings. The van der Waals surface area contributed by atoms with Gasteiger partial charge in [0.2, 0.25) is 0 Å². The summed E-state index contributed by atoms with van der Waals surface area (Å²) in [6.07, 6.45) is 21.1. The lowest BCUT2D eigenvalue weighted by atomic mass is 9.43. The maximum absolute atomic E-state index is 6.46. The number of anilines is 9. The lowest BCUT2D eigenvalue weighted by molar-refractivity contribution is -0.0399. The normalized spacial score (nSPS) is 24.3. The molecule has 0 amide bonds. The van der Waals surface area contributed by atoms with Gasteiger partial charge < -0.3 is 23.7 Å². The van der Waals surface area contributed by atoms with E-state index in [1.54, 1.807) is 33.4 Å². The summed E-state index contributed by atoms with van der Waals surface area (Å²) in [4.78, 5) is 7.62. The summed E-state index contributed by atoms with van der Waals surface area (Å²) in [5, 5.41) is 12.4. The van der Waals surface area contributed by atoms with Crippen molar-refractivity contribution in [1.82, 2.24) is 4.57 Å². The molecule has 2 aromatic heterocycles. The van der Waals surface area contributed by atoms with E-state index in [0.717, 1.165) is 93.3 Å². The van der Waals surface area contributed by atoms with Crippen LogP contribution in [0.2, 0.25) is 0 Å². The molecule has 12 bridgehead atoms. The van der Waals surface area contributed by atoms with Gasteiger partial charge in [-0.15, -0.1) is 0 Å². The molecule has 718 valence electrons. The Bertz CT molecular complexity index is 9090. The second-order valence-corrected chi connectivity index (χ2v) is 46.5. The van der Waals surface area contributed by atoms with Crippen LogP contribution in [0, 0.1) is 71.0 Å². The Hall–Kier alpha value is -15.8. The molecule has 20 aromatic carbocycles. The Morgan fingerprint density at radius 3 is 0.933 bits per heavy atom. The first-order valence-electron chi connectivity index (χ1n) is 55.6. The average molecular weight is 1920 g/mol. The highest BCUT2D eigenvalue weighted by molar-refractivity contribution is 6.12. The predicted molar refractivity (Wildman–Crippen MR) is 618 cm³/mol. The van der Waals surface area contributed by atoms with Gasteiger partial charge in [-0.25, -0.2) is 0 Å². The molecule has 12 fully saturated rings. The SMILES string of the molecule is c1ccc(-c2ccc(-c3ccc(N(c4ccc5ccccc5c4)c4cccc5c4-c4ccccc4C54C5CC6CC(C5)CC4C6)cc3)cc2)cc1.c1ccc(-n2c3ccccc3c3cc(N(c4ccc5ccccc5c4)c4cccc5c4-c4ccccc4C54C5CC6CC(C5)CC4C6)ccc32)cc1.c1ccc2c(c1)-c1c(N(c3ccc4ccccc4c3)c3ccc4c(c3)oc3ccccc34)cccc1C21C2CC3CC(C2)CC1C3. The lowest BCUT2D eigenvalue weighted by Gasteiger charge is -2.61. The first-order valence-corrected chi connectivity index (χ1v) is 55.6. The third-order valence-corrected chi connectivity index (χ3v) is 39.4. The molecule has 15 aliphatic rings. The van der Waals surface area contributed by atoms with Gasteiger partial charge in [-0.3, -0.25) is 0 Å². The summed E-state index contributed by atoms with van der Waals surface area (Å²) in [7, 11) is 0. The van der Waals surface area contributed by atoms with E-state index in [1.807, 2.05) is 0 Å². The van der Waals surface area contributed by atoms with E-state index in [9.17, 15) is 0 Å². The van der Waals surface area contributed by atoms with Crippen LogP contribution in [0.5, 0.6) is 0 Å². The topological polar surface area (TPSA) is 27.8 Å². The van der Waals surface area contributed by atoms with Gasteiger partial charge in [-0.2, -0.15) is 0 Å². The zero-order valence-corrected chi connectivity index (χ0v) is 84.0. The van der Waals surface area contributed by atoms with Gasteiger partial charge in [0.1, 0.15) is 11.2 Å². The minimum atomic E-state index is 0.122. The summed E-state index contributed by atoms with van der Waals surface area (Å²) < 4.78 is 8.88. The molecule has 0 atom stereocenters. The fraction of sp³-hybridized carbons (Fsp3) is 0.208. The Morgan fingerprint density at radius 1 is 0.195 bits per heavy atom. The molecule has 3 spiro atoms. The van der Waals surface area contributed by atoms with Crippen LogP contribution in [0.4, 0.5) is 51.2 Å². The van der Waals surface area contributed by atoms with E-state index in [0.29, 0.717) is 0 Å². The molecule has 12 saturated carbocycles. The number of benzene rings is 20. The third kappa shape index (κ3) is 13.0. The Labute approximate surface area is 871 Å². The Morgan fingerprint density at radius 2 is 0.497 bits per heavy atom. The van der Waals surface area contributed by atoms with Crippen molar-refractivity contribution >= 4 is 127 Å². The number of hydrogen-bond donors (Lipinski definition) is 0. The smallest absolute Gasteiger partial charge is 0.137 e. The van der Waals surface area contributed by atoms with Gasteiger partial charge in [0, 0.05) is 100 Å². The Kier molecular flexibility index (Phi) is 19.5. The molecule has 5 nitrogen and oxygen atoms in total. The standard InChI is InChI=1S/C50H40N2.C50H41N.C44H35NO/c1-2-13-38(14-3-1)52-46-19-9-7-15-41(46)43-31-40(23-24-47(43)52)51(39-22-21-34-11-4-5-12-35(34)30-39)48-20-10-18-45-49(48)42-16-6-8-17-44(42)50(45)36-26-32-25-33(28-36)29-37(50)27-32;1-2-9-35(10-3-1)37-17-19-38(20-18-37)39-21-24-43(25-22-39)51(44-26-23-36-11-4-5-12-40(36)32-44)48-16-8-15-47-49(48)45-13-6-7-14-46(45)50(47)41-28-33-27-34(30-41)31-42(50)29-33;1-2-9-30-25-33(17-16-29(30)8-1)45(34-18-19-36-35-10-4-6-15-41(35)46-42(36)26-34)40-14-7-13-39-43(40)37-11-3-5-12-38(37)44(39)31-21-27-20-28(23-31)24-32(44)22-27/h1-24,30-33,36-37H,25-29H2;1-26,32-34,41-42H,27-31H2;1-19,25-28,31-32H,20-24H2. The minimum Gasteiger partial charge on any atom is -0.456 e. The molecule has 15 aliphatic carbocycles. The van der Waals surface area contributed by atoms with Crippen molar-refractivity contribution in [1.29, 1.82) is 0 Å². The van der Waals surface area contributed by atoms with Crippen LogP contribution < -0.4 is 14.7 Å². The number of hydrogen-bond acceptors (Lipinski definition) is 4. The molecule has 0 N–H and O–H groups in total. The average Bonchev–Trinajstić information content (AvgIpc) is 1.65. The van der Waals surface area contributed by atoms with Gasteiger partial charge in [0.15, 0.2) is 0 Å². The fourth-order valence-corrected chi connectivity index (χ4v) is 34.4. The van der Waals surface area contributed by atoms with Crippen LogP contribution in [0.1, 0.15) is 130 Å². The van der Waals surface area contributed by atoms with Crippen molar-refractivity contribution in [3.05, 3.63) is 482 Å². The van der Waals surface area contributed by atoms with E-state index in [1.165, 1.54) is 263 Å².